The van der Waals surface area contributed by atoms with E-state index in [1.807, 2.05) is 0 Å². The molecule has 0 spiro atoms. The molecule has 0 saturated heterocycles. The summed E-state index contributed by atoms with van der Waals surface area (Å²) in [4.78, 5) is 0. The van der Waals surface area contributed by atoms with Crippen LogP contribution in [0.4, 0.5) is 0 Å². The zero-order valence-corrected chi connectivity index (χ0v) is 10.4. The topological polar surface area (TPSA) is 12.0 Å². The first-order chi connectivity index (χ1) is 6.91. The molecule has 0 aromatic heterocycles. The van der Waals surface area contributed by atoms with Gasteiger partial charge in [0, 0.05) is 5.88 Å². The summed E-state index contributed by atoms with van der Waals surface area (Å²) in [7, 11) is 0. The fourth-order valence-electron chi connectivity index (χ4n) is 1.50. The van der Waals surface area contributed by atoms with Gasteiger partial charge < -0.3 is 5.32 Å². The molecule has 0 fully saturated rings. The van der Waals surface area contributed by atoms with E-state index in [0.717, 1.165) is 18.8 Å². The smallest absolute Gasteiger partial charge is 0.0223 e. The molecule has 0 aliphatic carbocycles. The van der Waals surface area contributed by atoms with Crippen molar-refractivity contribution in [3.05, 3.63) is 0 Å². The summed E-state index contributed by atoms with van der Waals surface area (Å²) in [6.07, 6.45) is 10.7. The largest absolute Gasteiger partial charge is 0.317 e. The lowest BCUT2D eigenvalue weighted by Gasteiger charge is -2.03. The minimum atomic E-state index is 0.804. The van der Waals surface area contributed by atoms with Gasteiger partial charge in [-0.1, -0.05) is 39.0 Å². The van der Waals surface area contributed by atoms with E-state index in [1.165, 1.54) is 51.5 Å². The van der Waals surface area contributed by atoms with Gasteiger partial charge in [0.25, 0.3) is 0 Å². The van der Waals surface area contributed by atoms with Gasteiger partial charge in [0.15, 0.2) is 0 Å². The minimum Gasteiger partial charge on any atom is -0.317 e. The summed E-state index contributed by atoms with van der Waals surface area (Å²) < 4.78 is 0. The Hall–Kier alpha value is 0.250. The van der Waals surface area contributed by atoms with E-state index in [9.17, 15) is 0 Å². The summed E-state index contributed by atoms with van der Waals surface area (Å²) in [6, 6.07) is 0. The third-order valence-corrected chi connectivity index (χ3v) is 2.71. The van der Waals surface area contributed by atoms with E-state index < -0.39 is 0 Å². The van der Waals surface area contributed by atoms with Crippen LogP contribution in [0.25, 0.3) is 0 Å². The molecule has 0 aromatic carbocycles. The van der Waals surface area contributed by atoms with Crippen LogP contribution in [0.15, 0.2) is 0 Å². The molecule has 0 unspecified atom stereocenters. The van der Waals surface area contributed by atoms with Gasteiger partial charge in [-0.3, -0.25) is 0 Å². The number of alkyl halides is 1. The Kier molecular flexibility index (Phi) is 13.5. The second-order valence-corrected chi connectivity index (χ2v) is 4.29. The van der Waals surface area contributed by atoms with E-state index in [1.54, 1.807) is 0 Å². The van der Waals surface area contributed by atoms with E-state index in [-0.39, 0.29) is 0 Å². The molecule has 1 nitrogen and oxygen atoms in total. The monoisotopic (exact) mass is 219 g/mol. The predicted octanol–water partition coefficient (Wildman–Crippen LogP) is 3.96. The molecule has 0 atom stereocenters. The van der Waals surface area contributed by atoms with Crippen molar-refractivity contribution in [1.82, 2.24) is 5.32 Å². The third kappa shape index (κ3) is 12.2. The zero-order valence-electron chi connectivity index (χ0n) is 9.66. The van der Waals surface area contributed by atoms with Gasteiger partial charge in [-0.2, -0.15) is 0 Å². The van der Waals surface area contributed by atoms with E-state index in [2.05, 4.69) is 12.2 Å². The molecular formula is C12H26ClN. The predicted molar refractivity (Wildman–Crippen MR) is 66.2 cm³/mol. The normalized spacial score (nSPS) is 10.7. The van der Waals surface area contributed by atoms with Gasteiger partial charge in [0.05, 0.1) is 0 Å². The van der Waals surface area contributed by atoms with Crippen LogP contribution in [-0.2, 0) is 0 Å². The average molecular weight is 220 g/mol. The molecule has 0 aliphatic rings. The van der Waals surface area contributed by atoms with E-state index >= 15 is 0 Å². The van der Waals surface area contributed by atoms with Gasteiger partial charge in [-0.25, -0.2) is 0 Å². The molecule has 0 amide bonds. The number of rotatable bonds is 11. The Morgan fingerprint density at radius 2 is 1.36 bits per heavy atom. The molecule has 0 bridgehead atoms. The number of halogens is 1. The lowest BCUT2D eigenvalue weighted by molar-refractivity contribution is 0.563. The highest BCUT2D eigenvalue weighted by Gasteiger charge is 1.90. The molecule has 14 heavy (non-hydrogen) atoms. The maximum atomic E-state index is 5.58. The van der Waals surface area contributed by atoms with Crippen molar-refractivity contribution in [2.24, 2.45) is 0 Å². The summed E-state index contributed by atoms with van der Waals surface area (Å²) in [5.74, 6) is 0.804. The summed E-state index contributed by atoms with van der Waals surface area (Å²) in [6.45, 7) is 4.59. The molecular weight excluding hydrogens is 194 g/mol. The van der Waals surface area contributed by atoms with Crippen molar-refractivity contribution in [3.8, 4) is 0 Å². The van der Waals surface area contributed by atoms with Crippen molar-refractivity contribution in [3.63, 3.8) is 0 Å². The first-order valence-corrected chi connectivity index (χ1v) is 6.72. The second kappa shape index (κ2) is 13.2. The highest BCUT2D eigenvalue weighted by molar-refractivity contribution is 6.17. The highest BCUT2D eigenvalue weighted by Crippen LogP contribution is 2.03. The van der Waals surface area contributed by atoms with Crippen LogP contribution in [0.1, 0.15) is 58.3 Å². The lowest BCUT2D eigenvalue weighted by atomic mass is 10.1. The SMILES string of the molecule is CCCCCCCCNCCCCCl. The van der Waals surface area contributed by atoms with E-state index in [0.29, 0.717) is 0 Å². The van der Waals surface area contributed by atoms with Crippen molar-refractivity contribution >= 4 is 11.6 Å². The Labute approximate surface area is 94.6 Å². The van der Waals surface area contributed by atoms with Crippen LogP contribution in [0.5, 0.6) is 0 Å². The summed E-state index contributed by atoms with van der Waals surface area (Å²) in [5, 5.41) is 3.45. The molecule has 2 heteroatoms. The number of unbranched alkanes of at least 4 members (excludes halogenated alkanes) is 6. The van der Waals surface area contributed by atoms with Crippen LogP contribution in [0, 0.1) is 0 Å². The first kappa shape index (κ1) is 14.2. The molecule has 1 N–H and O–H groups in total. The molecule has 0 aliphatic heterocycles. The van der Waals surface area contributed by atoms with Crippen molar-refractivity contribution in [2.75, 3.05) is 19.0 Å². The van der Waals surface area contributed by atoms with Crippen molar-refractivity contribution < 1.29 is 0 Å². The standard InChI is InChI=1S/C12H26ClN/c1-2-3-4-5-6-8-11-14-12-9-7-10-13/h14H,2-12H2,1H3. The highest BCUT2D eigenvalue weighted by atomic mass is 35.5. The first-order valence-electron chi connectivity index (χ1n) is 6.18. The summed E-state index contributed by atoms with van der Waals surface area (Å²) in [5.41, 5.74) is 0. The van der Waals surface area contributed by atoms with Crippen LogP contribution < -0.4 is 5.32 Å². The van der Waals surface area contributed by atoms with Gasteiger partial charge in [0.1, 0.15) is 0 Å². The van der Waals surface area contributed by atoms with Crippen LogP contribution in [0.3, 0.4) is 0 Å². The Balaban J connectivity index is 2.78. The fraction of sp³-hybridized carbons (Fsp3) is 1.00. The third-order valence-electron chi connectivity index (χ3n) is 2.44. The minimum absolute atomic E-state index is 0.804. The molecule has 86 valence electrons. The van der Waals surface area contributed by atoms with Gasteiger partial charge >= 0.3 is 0 Å². The fourth-order valence-corrected chi connectivity index (χ4v) is 1.69. The zero-order chi connectivity index (χ0) is 10.5. The lowest BCUT2D eigenvalue weighted by Crippen LogP contribution is -2.16. The maximum absolute atomic E-state index is 5.58. The average Bonchev–Trinajstić information content (AvgIpc) is 2.21. The van der Waals surface area contributed by atoms with Crippen molar-refractivity contribution in [1.29, 1.82) is 0 Å². The Morgan fingerprint density at radius 1 is 0.786 bits per heavy atom. The molecule has 0 heterocycles. The van der Waals surface area contributed by atoms with Crippen LogP contribution >= 0.6 is 11.6 Å². The van der Waals surface area contributed by atoms with Gasteiger partial charge in [0.2, 0.25) is 0 Å². The number of nitrogens with one attached hydrogen (secondary N) is 1. The summed E-state index contributed by atoms with van der Waals surface area (Å²) >= 11 is 5.58. The molecule has 0 radical (unpaired) electrons. The van der Waals surface area contributed by atoms with Crippen LogP contribution in [-0.4, -0.2) is 19.0 Å². The van der Waals surface area contributed by atoms with E-state index in [4.69, 9.17) is 11.6 Å². The molecule has 0 aromatic rings. The number of hydrogen-bond donors (Lipinski definition) is 1. The van der Waals surface area contributed by atoms with Gasteiger partial charge in [-0.05, 0) is 32.4 Å². The Bertz CT molecular complexity index is 84.3. The second-order valence-electron chi connectivity index (χ2n) is 3.91. The van der Waals surface area contributed by atoms with Gasteiger partial charge in [-0.15, -0.1) is 11.6 Å². The number of hydrogen-bond acceptors (Lipinski definition) is 1. The quantitative estimate of drug-likeness (QED) is 0.410. The van der Waals surface area contributed by atoms with Crippen LogP contribution in [0.2, 0.25) is 0 Å². The van der Waals surface area contributed by atoms with Crippen molar-refractivity contribution in [2.45, 2.75) is 58.3 Å². The molecule has 0 saturated carbocycles. The molecule has 0 rings (SSSR count). The Morgan fingerprint density at radius 3 is 2.00 bits per heavy atom. The maximum Gasteiger partial charge on any atom is 0.0223 e.